The summed E-state index contributed by atoms with van der Waals surface area (Å²) in [6.07, 6.45) is 6.40. The molecule has 0 amide bonds. The molecule has 3 aromatic carbocycles. The highest BCUT2D eigenvalue weighted by Gasteiger charge is 2.66. The van der Waals surface area contributed by atoms with Crippen LogP contribution in [-0.4, -0.2) is 5.60 Å². The largest absolute Gasteiger partial charge is 0.483 e. The predicted molar refractivity (Wildman–Crippen MR) is 141 cm³/mol. The van der Waals surface area contributed by atoms with Gasteiger partial charge in [-0.25, -0.2) is 4.39 Å². The van der Waals surface area contributed by atoms with Crippen molar-refractivity contribution in [3.8, 4) is 5.75 Å². The highest BCUT2D eigenvalue weighted by molar-refractivity contribution is 7.97. The maximum atomic E-state index is 15.8. The van der Waals surface area contributed by atoms with Crippen molar-refractivity contribution in [3.63, 3.8) is 0 Å². The van der Waals surface area contributed by atoms with Crippen molar-refractivity contribution in [2.24, 2.45) is 29.1 Å². The van der Waals surface area contributed by atoms with E-state index in [-0.39, 0.29) is 27.7 Å². The first kappa shape index (κ1) is 23.2. The Morgan fingerprint density at radius 2 is 1.46 bits per heavy atom. The summed E-state index contributed by atoms with van der Waals surface area (Å²) >= 11 is 0. The van der Waals surface area contributed by atoms with Crippen molar-refractivity contribution in [2.75, 3.05) is 0 Å². The van der Waals surface area contributed by atoms with E-state index in [9.17, 15) is 0 Å². The second-order valence-electron chi connectivity index (χ2n) is 11.8. The predicted octanol–water partition coefficient (Wildman–Crippen LogP) is 8.54. The van der Waals surface area contributed by atoms with Gasteiger partial charge in [0, 0.05) is 17.4 Å². The molecule has 0 spiro atoms. The third kappa shape index (κ3) is 3.82. The van der Waals surface area contributed by atoms with E-state index in [0.29, 0.717) is 11.7 Å². The zero-order valence-electron chi connectivity index (χ0n) is 21.0. The van der Waals surface area contributed by atoms with Crippen LogP contribution in [0.2, 0.25) is 0 Å². The molecule has 0 saturated heterocycles. The Kier molecular flexibility index (Phi) is 5.75. The first-order valence-corrected chi connectivity index (χ1v) is 14.4. The van der Waals surface area contributed by atoms with Crippen molar-refractivity contribution < 1.29 is 9.13 Å². The second-order valence-corrected chi connectivity index (χ2v) is 13.9. The van der Waals surface area contributed by atoms with Crippen LogP contribution in [0, 0.1) is 34.9 Å². The topological polar surface area (TPSA) is 9.23 Å². The molecule has 5 atom stereocenters. The third-order valence-corrected chi connectivity index (χ3v) is 11.3. The van der Waals surface area contributed by atoms with Crippen molar-refractivity contribution in [3.05, 3.63) is 84.7 Å². The molecular weight excluding hydrogens is 451 g/mol. The minimum atomic E-state index is -0.365. The van der Waals surface area contributed by atoms with Crippen LogP contribution in [0.5, 0.6) is 5.75 Å². The van der Waals surface area contributed by atoms with Crippen molar-refractivity contribution >= 4 is 10.9 Å². The van der Waals surface area contributed by atoms with Crippen LogP contribution in [0.4, 0.5) is 4.39 Å². The molecule has 3 heteroatoms. The first-order valence-electron chi connectivity index (χ1n) is 13.2. The van der Waals surface area contributed by atoms with E-state index in [1.165, 1.54) is 35.5 Å². The first-order chi connectivity index (χ1) is 16.9. The Labute approximate surface area is 212 Å². The molecule has 1 nitrogen and oxygen atoms in total. The molecule has 6 rings (SSSR count). The van der Waals surface area contributed by atoms with Crippen LogP contribution in [-0.2, 0) is 10.9 Å². The summed E-state index contributed by atoms with van der Waals surface area (Å²) < 4.78 is 22.7. The molecule has 3 aliphatic rings. The molecule has 3 fully saturated rings. The summed E-state index contributed by atoms with van der Waals surface area (Å²) in [4.78, 5) is 3.37. The molecule has 0 aromatic heterocycles. The Bertz CT molecular complexity index is 1150. The van der Waals surface area contributed by atoms with Crippen LogP contribution >= 0.6 is 0 Å². The number of halogens is 1. The van der Waals surface area contributed by atoms with Crippen LogP contribution in [0.1, 0.15) is 52.9 Å². The molecule has 0 heterocycles. The number of benzene rings is 3. The average molecular weight is 488 g/mol. The van der Waals surface area contributed by atoms with Crippen molar-refractivity contribution in [2.45, 2.75) is 73.2 Å². The van der Waals surface area contributed by atoms with Gasteiger partial charge in [0.15, 0.2) is 26.3 Å². The van der Waals surface area contributed by atoms with Gasteiger partial charge in [0.25, 0.3) is 0 Å². The normalized spacial score (nSPS) is 29.5. The van der Waals surface area contributed by atoms with E-state index in [0.717, 1.165) is 29.1 Å². The van der Waals surface area contributed by atoms with Crippen LogP contribution in [0.3, 0.4) is 0 Å². The van der Waals surface area contributed by atoms with Gasteiger partial charge in [0.1, 0.15) is 5.60 Å². The van der Waals surface area contributed by atoms with Gasteiger partial charge in [-0.2, -0.15) is 0 Å². The number of fused-ring (bicyclic) bond motifs is 5. The fourth-order valence-corrected chi connectivity index (χ4v) is 9.73. The van der Waals surface area contributed by atoms with E-state index >= 15 is 4.39 Å². The number of ether oxygens (including phenoxy) is 1. The van der Waals surface area contributed by atoms with Crippen molar-refractivity contribution in [1.29, 1.82) is 0 Å². The minimum absolute atomic E-state index is 0.0382. The summed E-state index contributed by atoms with van der Waals surface area (Å²) in [5, 5.41) is 0. The van der Waals surface area contributed by atoms with E-state index in [1.807, 2.05) is 18.2 Å². The van der Waals surface area contributed by atoms with Crippen LogP contribution in [0.15, 0.2) is 93.5 Å². The lowest BCUT2D eigenvalue weighted by Gasteiger charge is -2.51. The molecule has 3 saturated carbocycles. The highest BCUT2D eigenvalue weighted by Crippen LogP contribution is 2.67. The summed E-state index contributed by atoms with van der Waals surface area (Å²) in [6, 6.07) is 26.6. The van der Waals surface area contributed by atoms with E-state index in [4.69, 9.17) is 4.74 Å². The van der Waals surface area contributed by atoms with Crippen molar-refractivity contribution in [1.82, 2.24) is 0 Å². The van der Waals surface area contributed by atoms with Gasteiger partial charge in [0.2, 0.25) is 0 Å². The average Bonchev–Trinajstić information content (AvgIpc) is 3.55. The summed E-state index contributed by atoms with van der Waals surface area (Å²) in [5.41, 5.74) is -0.324. The molecule has 3 aromatic rings. The fourth-order valence-electron chi connectivity index (χ4n) is 7.63. The number of hydrogen-bond acceptors (Lipinski definition) is 1. The van der Waals surface area contributed by atoms with Gasteiger partial charge in [-0.3, -0.25) is 0 Å². The van der Waals surface area contributed by atoms with E-state index in [2.05, 4.69) is 75.4 Å². The number of hydrogen-bond donors (Lipinski definition) is 0. The summed E-state index contributed by atoms with van der Waals surface area (Å²) in [6.45, 7) is 6.89. The number of rotatable bonds is 5. The summed E-state index contributed by atoms with van der Waals surface area (Å²) in [5.74, 6) is 3.12. The van der Waals surface area contributed by atoms with Gasteiger partial charge in [-0.05, 0) is 79.8 Å². The van der Waals surface area contributed by atoms with E-state index in [1.54, 1.807) is 6.07 Å². The molecule has 0 N–H and O–H groups in total. The lowest BCUT2D eigenvalue weighted by atomic mass is 9.62. The van der Waals surface area contributed by atoms with Crippen LogP contribution < -0.4 is 4.74 Å². The Balaban J connectivity index is 1.35. The Morgan fingerprint density at radius 3 is 2.06 bits per heavy atom. The monoisotopic (exact) mass is 487 g/mol. The zero-order chi connectivity index (χ0) is 24.2. The molecule has 35 heavy (non-hydrogen) atoms. The maximum absolute atomic E-state index is 15.8. The summed E-state index contributed by atoms with van der Waals surface area (Å²) in [7, 11) is -0.365. The maximum Gasteiger partial charge on any atom is 0.170 e. The highest BCUT2D eigenvalue weighted by atomic mass is 32.2. The fraction of sp³-hybridized carbons (Fsp3) is 0.438. The van der Waals surface area contributed by atoms with Crippen LogP contribution in [0.25, 0.3) is 0 Å². The molecule has 0 aliphatic heterocycles. The van der Waals surface area contributed by atoms with Gasteiger partial charge >= 0.3 is 0 Å². The van der Waals surface area contributed by atoms with Gasteiger partial charge in [0.05, 0.1) is 10.9 Å². The molecule has 3 aliphatic carbocycles. The molecule has 2 bridgehead atoms. The van der Waals surface area contributed by atoms with Gasteiger partial charge in [-0.15, -0.1) is 0 Å². The lowest BCUT2D eigenvalue weighted by molar-refractivity contribution is -0.102. The third-order valence-electron chi connectivity index (χ3n) is 9.13. The molecule has 182 valence electrons. The van der Waals surface area contributed by atoms with Gasteiger partial charge < -0.3 is 4.74 Å². The molecular formula is C32H36FOS+. The quantitative estimate of drug-likeness (QED) is 0.328. The van der Waals surface area contributed by atoms with E-state index < -0.39 is 0 Å². The SMILES string of the molecule is CC(C)(C)C1(Oc2ccc([S+](c3ccccc3)c3ccccc3)cc2F)CC2CC1C1CCCC21. The van der Waals surface area contributed by atoms with Gasteiger partial charge in [-0.1, -0.05) is 63.6 Å². The molecule has 0 radical (unpaired) electrons. The minimum Gasteiger partial charge on any atom is -0.483 e. The zero-order valence-corrected chi connectivity index (χ0v) is 21.9. The standard InChI is InChI=1S/C32H36FOS/c1-31(2,3)32(21-22-19-28(32)27-16-10-15-26(22)27)34-30-18-17-25(20-29(30)33)35(23-11-6-4-7-12-23)24-13-8-5-9-14-24/h4-9,11-14,17-18,20,22,26-28H,10,15-16,19,21H2,1-3H3/q+1. The smallest absolute Gasteiger partial charge is 0.170 e. The Hall–Kier alpha value is -2.26. The molecule has 5 unspecified atom stereocenters. The second kappa shape index (κ2) is 8.69. The lowest BCUT2D eigenvalue weighted by Crippen LogP contribution is -2.55. The Morgan fingerprint density at radius 1 is 0.829 bits per heavy atom.